The second kappa shape index (κ2) is 9.46. The molecule has 0 fully saturated rings. The van der Waals surface area contributed by atoms with Crippen LogP contribution in [0, 0.1) is 6.92 Å². The Kier molecular flexibility index (Phi) is 5.98. The summed E-state index contributed by atoms with van der Waals surface area (Å²) in [7, 11) is 0. The van der Waals surface area contributed by atoms with Crippen LogP contribution in [0.4, 0.5) is 5.00 Å². The number of thiazole rings is 1. The first kappa shape index (κ1) is 23.4. The van der Waals surface area contributed by atoms with Gasteiger partial charge >= 0.3 is 0 Å². The van der Waals surface area contributed by atoms with Crippen molar-refractivity contribution in [2.24, 2.45) is 0 Å². The van der Waals surface area contributed by atoms with Gasteiger partial charge in [0, 0.05) is 28.0 Å². The molecule has 5 aromatic rings. The van der Waals surface area contributed by atoms with Crippen molar-refractivity contribution in [1.29, 1.82) is 0 Å². The van der Waals surface area contributed by atoms with E-state index in [4.69, 9.17) is 14.5 Å². The average molecular weight is 527 g/mol. The van der Waals surface area contributed by atoms with Crippen LogP contribution in [0.25, 0.3) is 20.8 Å². The molecule has 0 saturated heterocycles. The van der Waals surface area contributed by atoms with Gasteiger partial charge in [-0.1, -0.05) is 30.3 Å². The lowest BCUT2D eigenvalue weighted by Gasteiger charge is -2.06. The predicted molar refractivity (Wildman–Crippen MR) is 147 cm³/mol. The number of aromatic nitrogens is 1. The number of ketones is 1. The molecule has 3 heterocycles. The number of Topliss-reactive ketones (excluding diaryl/α,β-unsaturated/α-hetero) is 1. The molecule has 8 heteroatoms. The first-order valence-corrected chi connectivity index (χ1v) is 13.4. The number of nitrogens with one attached hydrogen (secondary N) is 1. The topological polar surface area (TPSA) is 77.5 Å². The third-order valence-electron chi connectivity index (χ3n) is 6.34. The molecular weight excluding hydrogens is 504 g/mol. The van der Waals surface area contributed by atoms with E-state index in [1.54, 1.807) is 46.9 Å². The Balaban J connectivity index is 1.38. The van der Waals surface area contributed by atoms with Crippen molar-refractivity contribution in [2.45, 2.75) is 20.3 Å². The number of benzene rings is 3. The molecule has 0 spiro atoms. The standard InChI is InChI=1S/C29H22N2O4S2/c1-16-25(14-18-7-12-22-23(13-18)35-15-34-22)37-29(26(16)28-30-21-5-3-4-6-24(21)36-28)31-27(33)20-10-8-19(9-11-20)17(2)32/h3-13H,14-15H2,1-2H3,(H,31,33). The minimum Gasteiger partial charge on any atom is -0.454 e. The fraction of sp³-hybridized carbons (Fsp3) is 0.138. The normalized spacial score (nSPS) is 12.2. The molecule has 0 radical (unpaired) electrons. The zero-order chi connectivity index (χ0) is 25.5. The van der Waals surface area contributed by atoms with E-state index >= 15 is 0 Å². The molecule has 184 valence electrons. The second-order valence-electron chi connectivity index (χ2n) is 8.79. The lowest BCUT2D eigenvalue weighted by molar-refractivity contribution is 0.101. The fourth-order valence-electron chi connectivity index (χ4n) is 4.32. The van der Waals surface area contributed by atoms with E-state index < -0.39 is 0 Å². The summed E-state index contributed by atoms with van der Waals surface area (Å²) in [6.45, 7) is 3.83. The maximum Gasteiger partial charge on any atom is 0.256 e. The van der Waals surface area contributed by atoms with Gasteiger partial charge in [-0.3, -0.25) is 9.59 Å². The highest BCUT2D eigenvalue weighted by atomic mass is 32.1. The van der Waals surface area contributed by atoms with Crippen molar-refractivity contribution in [1.82, 2.24) is 4.98 Å². The summed E-state index contributed by atoms with van der Waals surface area (Å²) in [5, 5.41) is 4.75. The highest BCUT2D eigenvalue weighted by Gasteiger charge is 2.23. The molecule has 0 bridgehead atoms. The lowest BCUT2D eigenvalue weighted by Crippen LogP contribution is -2.11. The Labute approximate surface area is 221 Å². The Morgan fingerprint density at radius 2 is 1.70 bits per heavy atom. The molecule has 1 amide bonds. The first-order valence-electron chi connectivity index (χ1n) is 11.8. The lowest BCUT2D eigenvalue weighted by atomic mass is 10.1. The number of nitrogens with zero attached hydrogens (tertiary/aromatic N) is 1. The van der Waals surface area contributed by atoms with Gasteiger partial charge in [0.1, 0.15) is 10.0 Å². The van der Waals surface area contributed by atoms with Gasteiger partial charge in [0.15, 0.2) is 17.3 Å². The Hall–Kier alpha value is -4.01. The van der Waals surface area contributed by atoms with Gasteiger partial charge in [-0.05, 0) is 61.4 Å². The number of fused-ring (bicyclic) bond motifs is 2. The molecule has 0 unspecified atom stereocenters. The van der Waals surface area contributed by atoms with Gasteiger partial charge in [-0.25, -0.2) is 4.98 Å². The van der Waals surface area contributed by atoms with Gasteiger partial charge in [-0.15, -0.1) is 22.7 Å². The van der Waals surface area contributed by atoms with E-state index in [1.807, 2.05) is 36.4 Å². The zero-order valence-electron chi connectivity index (χ0n) is 20.2. The number of hydrogen-bond acceptors (Lipinski definition) is 7. The fourth-order valence-corrected chi connectivity index (χ4v) is 6.70. The molecule has 6 nitrogen and oxygen atoms in total. The number of ether oxygens (including phenoxy) is 2. The van der Waals surface area contributed by atoms with Crippen LogP contribution in [-0.4, -0.2) is 23.5 Å². The Bertz CT molecular complexity index is 1630. The summed E-state index contributed by atoms with van der Waals surface area (Å²) in [5.74, 6) is 1.24. The minimum absolute atomic E-state index is 0.0351. The summed E-state index contributed by atoms with van der Waals surface area (Å²) in [5.41, 5.74) is 5.12. The van der Waals surface area contributed by atoms with Crippen LogP contribution >= 0.6 is 22.7 Å². The van der Waals surface area contributed by atoms with Crippen LogP contribution in [0.5, 0.6) is 11.5 Å². The molecule has 0 aliphatic carbocycles. The van der Waals surface area contributed by atoms with E-state index in [2.05, 4.69) is 18.3 Å². The number of hydrogen-bond donors (Lipinski definition) is 1. The molecule has 0 saturated carbocycles. The van der Waals surface area contributed by atoms with Crippen LogP contribution in [0.3, 0.4) is 0 Å². The molecule has 1 N–H and O–H groups in total. The highest BCUT2D eigenvalue weighted by Crippen LogP contribution is 2.44. The predicted octanol–water partition coefficient (Wildman–Crippen LogP) is 7.11. The van der Waals surface area contributed by atoms with Gasteiger partial charge in [-0.2, -0.15) is 0 Å². The largest absolute Gasteiger partial charge is 0.454 e. The molecule has 37 heavy (non-hydrogen) atoms. The molecule has 1 aliphatic heterocycles. The van der Waals surface area contributed by atoms with Crippen molar-refractivity contribution in [2.75, 3.05) is 12.1 Å². The van der Waals surface area contributed by atoms with Crippen molar-refractivity contribution in [3.8, 4) is 22.1 Å². The maximum atomic E-state index is 13.2. The summed E-state index contributed by atoms with van der Waals surface area (Å²) >= 11 is 3.17. The van der Waals surface area contributed by atoms with Crippen molar-refractivity contribution < 1.29 is 19.1 Å². The highest BCUT2D eigenvalue weighted by molar-refractivity contribution is 7.23. The summed E-state index contributed by atoms with van der Waals surface area (Å²) in [6.07, 6.45) is 0.689. The monoisotopic (exact) mass is 526 g/mol. The van der Waals surface area contributed by atoms with E-state index in [0.717, 1.165) is 53.3 Å². The minimum atomic E-state index is -0.228. The zero-order valence-corrected chi connectivity index (χ0v) is 21.8. The third kappa shape index (κ3) is 4.50. The number of rotatable bonds is 6. The van der Waals surface area contributed by atoms with E-state index in [-0.39, 0.29) is 18.5 Å². The van der Waals surface area contributed by atoms with Crippen molar-refractivity contribution >= 4 is 49.6 Å². The number of carbonyl (C=O) groups excluding carboxylic acids is 2. The third-order valence-corrected chi connectivity index (χ3v) is 8.60. The summed E-state index contributed by atoms with van der Waals surface area (Å²) in [6, 6.07) is 20.7. The smallest absolute Gasteiger partial charge is 0.256 e. The Morgan fingerprint density at radius 3 is 2.49 bits per heavy atom. The van der Waals surface area contributed by atoms with Gasteiger partial charge in [0.05, 0.1) is 10.2 Å². The number of anilines is 1. The van der Waals surface area contributed by atoms with E-state index in [9.17, 15) is 9.59 Å². The Morgan fingerprint density at radius 1 is 0.946 bits per heavy atom. The van der Waals surface area contributed by atoms with Crippen molar-refractivity contribution in [3.05, 3.63) is 93.9 Å². The van der Waals surface area contributed by atoms with E-state index in [1.165, 1.54) is 6.92 Å². The SMILES string of the molecule is CC(=O)c1ccc(C(=O)Nc2sc(Cc3ccc4c(c3)OCO4)c(C)c2-c2nc3ccccc3s2)cc1. The number of carbonyl (C=O) groups is 2. The quantitative estimate of drug-likeness (QED) is 0.239. The number of para-hydroxylation sites is 1. The summed E-state index contributed by atoms with van der Waals surface area (Å²) < 4.78 is 12.1. The van der Waals surface area contributed by atoms with Crippen molar-refractivity contribution in [3.63, 3.8) is 0 Å². The van der Waals surface area contributed by atoms with E-state index in [0.29, 0.717) is 17.5 Å². The average Bonchev–Trinajstić information content (AvgIpc) is 3.61. The van der Waals surface area contributed by atoms with Crippen LogP contribution in [0.2, 0.25) is 0 Å². The first-order chi connectivity index (χ1) is 18.0. The maximum absolute atomic E-state index is 13.2. The second-order valence-corrected chi connectivity index (χ2v) is 10.9. The van der Waals surface area contributed by atoms with Gasteiger partial charge in [0.2, 0.25) is 6.79 Å². The molecule has 3 aromatic carbocycles. The summed E-state index contributed by atoms with van der Waals surface area (Å²) in [4.78, 5) is 30.9. The van der Waals surface area contributed by atoms with Gasteiger partial charge in [0.25, 0.3) is 5.91 Å². The number of thiophene rings is 1. The van der Waals surface area contributed by atoms with Crippen LogP contribution < -0.4 is 14.8 Å². The van der Waals surface area contributed by atoms with Crippen LogP contribution in [-0.2, 0) is 6.42 Å². The van der Waals surface area contributed by atoms with Crippen LogP contribution in [0.15, 0.2) is 66.7 Å². The van der Waals surface area contributed by atoms with Gasteiger partial charge < -0.3 is 14.8 Å². The molecular formula is C29H22N2O4S2. The molecule has 6 rings (SSSR count). The molecule has 1 aliphatic rings. The van der Waals surface area contributed by atoms with Crippen LogP contribution in [0.1, 0.15) is 43.6 Å². The molecule has 0 atom stereocenters. The number of amides is 1. The molecule has 2 aromatic heterocycles.